The van der Waals surface area contributed by atoms with E-state index in [1.807, 2.05) is 0 Å². The predicted molar refractivity (Wildman–Crippen MR) is 87.6 cm³/mol. The minimum Gasteiger partial charge on any atom is -0.504 e. The third-order valence-corrected chi connectivity index (χ3v) is 2.84. The molecule has 0 saturated carbocycles. The number of halogens is 1. The van der Waals surface area contributed by atoms with Gasteiger partial charge in [-0.2, -0.15) is 0 Å². The summed E-state index contributed by atoms with van der Waals surface area (Å²) in [5, 5.41) is 9.50. The van der Waals surface area contributed by atoms with Crippen LogP contribution in [0, 0.1) is 0 Å². The molecule has 132 valence electrons. The number of aromatic hydroxyl groups is 1. The Balaban J connectivity index is 1.79. The van der Waals surface area contributed by atoms with Crippen molar-refractivity contribution in [1.29, 1.82) is 0 Å². The van der Waals surface area contributed by atoms with E-state index in [9.17, 15) is 5.11 Å². The van der Waals surface area contributed by atoms with Crippen molar-refractivity contribution in [3.05, 3.63) is 24.3 Å². The fraction of sp³-hybridized carbons (Fsp3) is 0.625. The minimum atomic E-state index is 0.129. The van der Waals surface area contributed by atoms with Crippen molar-refractivity contribution in [2.45, 2.75) is 0 Å². The highest BCUT2D eigenvalue weighted by atomic mass is 35.5. The molecule has 0 atom stereocenters. The summed E-state index contributed by atoms with van der Waals surface area (Å²) < 4.78 is 26.6. The molecule has 0 fully saturated rings. The van der Waals surface area contributed by atoms with Crippen molar-refractivity contribution in [1.82, 2.24) is 0 Å². The van der Waals surface area contributed by atoms with Crippen LogP contribution in [0.25, 0.3) is 0 Å². The van der Waals surface area contributed by atoms with Gasteiger partial charge in [0, 0.05) is 5.88 Å². The van der Waals surface area contributed by atoms with Crippen LogP contribution in [-0.2, 0) is 18.9 Å². The normalized spacial score (nSPS) is 10.8. The summed E-state index contributed by atoms with van der Waals surface area (Å²) >= 11 is 5.47. The lowest BCUT2D eigenvalue weighted by molar-refractivity contribution is -0.00332. The van der Waals surface area contributed by atoms with E-state index in [1.54, 1.807) is 24.3 Å². The molecule has 7 heteroatoms. The Labute approximate surface area is 142 Å². The number of ether oxygens (including phenoxy) is 5. The maximum absolute atomic E-state index is 9.50. The monoisotopic (exact) mass is 348 g/mol. The van der Waals surface area contributed by atoms with Crippen molar-refractivity contribution in [3.8, 4) is 11.5 Å². The van der Waals surface area contributed by atoms with E-state index < -0.39 is 0 Å². The molecule has 0 amide bonds. The van der Waals surface area contributed by atoms with Gasteiger partial charge in [-0.15, -0.1) is 11.6 Å². The molecule has 23 heavy (non-hydrogen) atoms. The molecule has 0 heterocycles. The predicted octanol–water partition coefficient (Wildman–Crippen LogP) is 2.08. The summed E-state index contributed by atoms with van der Waals surface area (Å²) in [5.41, 5.74) is 0. The van der Waals surface area contributed by atoms with E-state index in [2.05, 4.69) is 0 Å². The number of hydrogen-bond acceptors (Lipinski definition) is 6. The van der Waals surface area contributed by atoms with Crippen LogP contribution in [-0.4, -0.2) is 70.4 Å². The van der Waals surface area contributed by atoms with Crippen LogP contribution in [0.3, 0.4) is 0 Å². The first-order valence-electron chi connectivity index (χ1n) is 7.62. The molecule has 0 spiro atoms. The molecule has 1 rings (SSSR count). The number of para-hydroxylation sites is 2. The number of hydrogen-bond donors (Lipinski definition) is 1. The van der Waals surface area contributed by atoms with Crippen LogP contribution in [0.5, 0.6) is 11.5 Å². The van der Waals surface area contributed by atoms with Gasteiger partial charge >= 0.3 is 0 Å². The molecular weight excluding hydrogens is 324 g/mol. The van der Waals surface area contributed by atoms with Crippen molar-refractivity contribution >= 4 is 11.6 Å². The molecule has 0 aliphatic rings. The maximum atomic E-state index is 9.50. The summed E-state index contributed by atoms with van der Waals surface area (Å²) in [5.74, 6) is 1.09. The molecule has 1 aromatic rings. The van der Waals surface area contributed by atoms with Gasteiger partial charge in [0.15, 0.2) is 11.5 Å². The quantitative estimate of drug-likeness (QED) is 0.386. The zero-order chi connectivity index (χ0) is 16.6. The van der Waals surface area contributed by atoms with Gasteiger partial charge in [0.05, 0.1) is 52.9 Å². The lowest BCUT2D eigenvalue weighted by atomic mass is 10.3. The average Bonchev–Trinajstić information content (AvgIpc) is 2.57. The zero-order valence-electron chi connectivity index (χ0n) is 13.2. The Morgan fingerprint density at radius 3 is 1.70 bits per heavy atom. The van der Waals surface area contributed by atoms with E-state index in [-0.39, 0.29) is 5.75 Å². The van der Waals surface area contributed by atoms with E-state index in [0.29, 0.717) is 71.1 Å². The first-order chi connectivity index (χ1) is 11.3. The third-order valence-electron chi connectivity index (χ3n) is 2.69. The van der Waals surface area contributed by atoms with Crippen LogP contribution < -0.4 is 4.74 Å². The summed E-state index contributed by atoms with van der Waals surface area (Å²) in [6.07, 6.45) is 0. The van der Waals surface area contributed by atoms with Gasteiger partial charge in [-0.05, 0) is 12.1 Å². The Kier molecular flexibility index (Phi) is 12.6. The second kappa shape index (κ2) is 14.5. The SMILES string of the molecule is Oc1ccccc1OCCOCCOCCOCCOCCCl. The highest BCUT2D eigenvalue weighted by Crippen LogP contribution is 2.23. The molecule has 0 bridgehead atoms. The van der Waals surface area contributed by atoms with E-state index in [4.69, 9.17) is 35.3 Å². The van der Waals surface area contributed by atoms with E-state index in [0.717, 1.165) is 0 Å². The molecule has 0 saturated heterocycles. The summed E-state index contributed by atoms with van der Waals surface area (Å²) in [6.45, 7) is 4.49. The largest absolute Gasteiger partial charge is 0.504 e. The van der Waals surface area contributed by atoms with Gasteiger partial charge < -0.3 is 28.8 Å². The van der Waals surface area contributed by atoms with Crippen LogP contribution in [0.15, 0.2) is 24.3 Å². The first-order valence-corrected chi connectivity index (χ1v) is 8.15. The molecule has 0 aliphatic carbocycles. The topological polar surface area (TPSA) is 66.4 Å². The highest BCUT2D eigenvalue weighted by Gasteiger charge is 1.99. The molecule has 0 radical (unpaired) electrons. The number of alkyl halides is 1. The Hall–Kier alpha value is -1.05. The van der Waals surface area contributed by atoms with Crippen LogP contribution in [0.1, 0.15) is 0 Å². The summed E-state index contributed by atoms with van der Waals surface area (Å²) in [7, 11) is 0. The second-order valence-corrected chi connectivity index (χ2v) is 4.83. The molecule has 0 aromatic heterocycles. The molecule has 0 unspecified atom stereocenters. The average molecular weight is 349 g/mol. The Bertz CT molecular complexity index is 391. The van der Waals surface area contributed by atoms with Gasteiger partial charge in [0.1, 0.15) is 6.61 Å². The standard InChI is InChI=1S/C16H25ClO6/c17-5-6-19-7-8-20-9-10-21-11-12-22-13-14-23-16-4-2-1-3-15(16)18/h1-4,18H,5-14H2. The van der Waals surface area contributed by atoms with Crippen LogP contribution in [0.2, 0.25) is 0 Å². The Morgan fingerprint density at radius 1 is 0.696 bits per heavy atom. The lowest BCUT2D eigenvalue weighted by Crippen LogP contribution is -2.14. The van der Waals surface area contributed by atoms with E-state index >= 15 is 0 Å². The highest BCUT2D eigenvalue weighted by molar-refractivity contribution is 6.17. The third kappa shape index (κ3) is 11.2. The van der Waals surface area contributed by atoms with Gasteiger partial charge in [0.2, 0.25) is 0 Å². The Morgan fingerprint density at radius 2 is 1.17 bits per heavy atom. The van der Waals surface area contributed by atoms with Crippen molar-refractivity contribution < 1.29 is 28.8 Å². The smallest absolute Gasteiger partial charge is 0.161 e. The maximum Gasteiger partial charge on any atom is 0.161 e. The van der Waals surface area contributed by atoms with Crippen LogP contribution in [0.4, 0.5) is 0 Å². The second-order valence-electron chi connectivity index (χ2n) is 4.45. The fourth-order valence-corrected chi connectivity index (χ4v) is 1.72. The summed E-state index contributed by atoms with van der Waals surface area (Å²) in [4.78, 5) is 0. The van der Waals surface area contributed by atoms with E-state index in [1.165, 1.54) is 0 Å². The van der Waals surface area contributed by atoms with Gasteiger partial charge in [-0.1, -0.05) is 12.1 Å². The summed E-state index contributed by atoms with van der Waals surface area (Å²) in [6, 6.07) is 6.83. The van der Waals surface area contributed by atoms with Crippen molar-refractivity contribution in [2.75, 3.05) is 65.3 Å². The van der Waals surface area contributed by atoms with Crippen molar-refractivity contribution in [3.63, 3.8) is 0 Å². The van der Waals surface area contributed by atoms with Crippen LogP contribution >= 0.6 is 11.6 Å². The molecular formula is C16H25ClO6. The first kappa shape index (κ1) is 20.0. The van der Waals surface area contributed by atoms with Gasteiger partial charge in [0.25, 0.3) is 0 Å². The fourth-order valence-electron chi connectivity index (χ4n) is 1.61. The molecule has 1 N–H and O–H groups in total. The number of rotatable bonds is 15. The van der Waals surface area contributed by atoms with Crippen molar-refractivity contribution in [2.24, 2.45) is 0 Å². The lowest BCUT2D eigenvalue weighted by Gasteiger charge is -2.09. The van der Waals surface area contributed by atoms with Gasteiger partial charge in [-0.25, -0.2) is 0 Å². The number of phenolic OH excluding ortho intramolecular Hbond substituents is 1. The zero-order valence-corrected chi connectivity index (χ0v) is 14.0. The van der Waals surface area contributed by atoms with Gasteiger partial charge in [-0.3, -0.25) is 0 Å². The number of benzene rings is 1. The molecule has 6 nitrogen and oxygen atoms in total. The minimum absolute atomic E-state index is 0.129. The molecule has 0 aliphatic heterocycles. The number of phenols is 1. The molecule has 1 aromatic carbocycles.